The summed E-state index contributed by atoms with van der Waals surface area (Å²) in [6, 6.07) is -0.107. The van der Waals surface area contributed by atoms with E-state index < -0.39 is 13.1 Å². The fourth-order valence-electron chi connectivity index (χ4n) is 2.47. The molecule has 2 atom stereocenters. The van der Waals surface area contributed by atoms with E-state index in [9.17, 15) is 4.79 Å². The van der Waals surface area contributed by atoms with Gasteiger partial charge in [0.15, 0.2) is 0 Å². The molecule has 2 aliphatic rings. The largest absolute Gasteiger partial charge is 0.475 e. The molecular weight excluding hydrogens is 195 g/mol. The van der Waals surface area contributed by atoms with Gasteiger partial charge < -0.3 is 20.3 Å². The van der Waals surface area contributed by atoms with E-state index in [1.165, 1.54) is 0 Å². The molecule has 15 heavy (non-hydrogen) atoms. The number of rotatable bonds is 2. The molecule has 0 bridgehead atoms. The minimum Gasteiger partial charge on any atom is -0.426 e. The van der Waals surface area contributed by atoms with Crippen LogP contribution in [0.1, 0.15) is 25.7 Å². The van der Waals surface area contributed by atoms with Gasteiger partial charge in [-0.25, -0.2) is 0 Å². The van der Waals surface area contributed by atoms with Crippen LogP contribution in [-0.2, 0) is 4.79 Å². The van der Waals surface area contributed by atoms with E-state index in [1.54, 1.807) is 4.90 Å². The highest BCUT2D eigenvalue weighted by molar-refractivity contribution is 6.43. The van der Waals surface area contributed by atoms with Crippen molar-refractivity contribution >= 4 is 13.0 Å². The summed E-state index contributed by atoms with van der Waals surface area (Å²) in [5.41, 5.74) is 0. The highest BCUT2D eigenvalue weighted by atomic mass is 16.4. The van der Waals surface area contributed by atoms with Crippen molar-refractivity contribution in [1.82, 2.24) is 10.2 Å². The molecular formula is C9H17BN2O3. The highest BCUT2D eigenvalue weighted by Crippen LogP contribution is 2.20. The number of hydrogen-bond donors (Lipinski definition) is 3. The van der Waals surface area contributed by atoms with Gasteiger partial charge >= 0.3 is 7.12 Å². The topological polar surface area (TPSA) is 72.8 Å². The number of nitrogens with one attached hydrogen (secondary N) is 1. The lowest BCUT2D eigenvalue weighted by Crippen LogP contribution is -2.51. The molecule has 3 N–H and O–H groups in total. The molecule has 2 rings (SSSR count). The first-order chi connectivity index (χ1) is 7.20. The maximum Gasteiger partial charge on any atom is 0.475 e. The summed E-state index contributed by atoms with van der Waals surface area (Å²) in [7, 11) is -1.40. The zero-order chi connectivity index (χ0) is 10.8. The summed E-state index contributed by atoms with van der Waals surface area (Å²) < 4.78 is 0. The summed E-state index contributed by atoms with van der Waals surface area (Å²) in [6.45, 7) is 1.54. The van der Waals surface area contributed by atoms with Crippen LogP contribution in [0, 0.1) is 0 Å². The molecule has 0 aromatic carbocycles. The Morgan fingerprint density at radius 1 is 1.33 bits per heavy atom. The molecule has 0 aliphatic carbocycles. The van der Waals surface area contributed by atoms with Gasteiger partial charge in [0.25, 0.3) is 0 Å². The predicted molar refractivity (Wildman–Crippen MR) is 56.0 cm³/mol. The fourth-order valence-corrected chi connectivity index (χ4v) is 2.47. The summed E-state index contributed by atoms with van der Waals surface area (Å²) in [6.07, 6.45) is 3.44. The lowest BCUT2D eigenvalue weighted by atomic mass is 9.77. The number of amides is 1. The Morgan fingerprint density at radius 2 is 2.13 bits per heavy atom. The van der Waals surface area contributed by atoms with E-state index >= 15 is 0 Å². The van der Waals surface area contributed by atoms with Crippen LogP contribution < -0.4 is 5.32 Å². The van der Waals surface area contributed by atoms with Gasteiger partial charge in [-0.15, -0.1) is 0 Å². The summed E-state index contributed by atoms with van der Waals surface area (Å²) >= 11 is 0. The van der Waals surface area contributed by atoms with Crippen molar-refractivity contribution in [2.24, 2.45) is 0 Å². The zero-order valence-electron chi connectivity index (χ0n) is 8.72. The van der Waals surface area contributed by atoms with Crippen molar-refractivity contribution in [3.8, 4) is 0 Å². The normalized spacial score (nSPS) is 30.9. The summed E-state index contributed by atoms with van der Waals surface area (Å²) in [5, 5.41) is 21.4. The van der Waals surface area contributed by atoms with Crippen LogP contribution in [0.5, 0.6) is 0 Å². The molecule has 2 fully saturated rings. The van der Waals surface area contributed by atoms with Crippen LogP contribution in [-0.4, -0.2) is 53.0 Å². The van der Waals surface area contributed by atoms with Crippen molar-refractivity contribution < 1.29 is 14.8 Å². The third-order valence-electron chi connectivity index (χ3n) is 3.28. The number of nitrogens with zero attached hydrogens (tertiary/aromatic N) is 1. The fraction of sp³-hybridized carbons (Fsp3) is 0.889. The van der Waals surface area contributed by atoms with E-state index in [1.807, 2.05) is 0 Å². The molecule has 2 saturated heterocycles. The zero-order valence-corrected chi connectivity index (χ0v) is 8.72. The van der Waals surface area contributed by atoms with E-state index in [0.29, 0.717) is 13.0 Å². The van der Waals surface area contributed by atoms with Crippen molar-refractivity contribution in [1.29, 1.82) is 0 Å². The molecule has 1 amide bonds. The second-order valence-electron chi connectivity index (χ2n) is 4.30. The maximum absolute atomic E-state index is 12.0. The van der Waals surface area contributed by atoms with Crippen LogP contribution >= 0.6 is 0 Å². The van der Waals surface area contributed by atoms with Gasteiger partial charge in [-0.2, -0.15) is 0 Å². The average molecular weight is 212 g/mol. The van der Waals surface area contributed by atoms with E-state index in [4.69, 9.17) is 10.0 Å². The van der Waals surface area contributed by atoms with Gasteiger partial charge in [0.2, 0.25) is 5.91 Å². The van der Waals surface area contributed by atoms with Crippen molar-refractivity contribution in [3.05, 3.63) is 0 Å². The number of carbonyl (C=O) groups is 1. The van der Waals surface area contributed by atoms with Crippen LogP contribution in [0.2, 0.25) is 0 Å². The second kappa shape index (κ2) is 4.51. The monoisotopic (exact) mass is 212 g/mol. The molecule has 0 spiro atoms. The summed E-state index contributed by atoms with van der Waals surface area (Å²) in [4.78, 5) is 13.6. The van der Waals surface area contributed by atoms with Crippen molar-refractivity contribution in [3.63, 3.8) is 0 Å². The molecule has 0 aromatic heterocycles. The Kier molecular flexibility index (Phi) is 3.28. The van der Waals surface area contributed by atoms with E-state index in [0.717, 1.165) is 25.8 Å². The van der Waals surface area contributed by atoms with Crippen molar-refractivity contribution in [2.45, 2.75) is 37.7 Å². The molecule has 5 nitrogen and oxygen atoms in total. The number of carbonyl (C=O) groups excluding carboxylic acids is 1. The third-order valence-corrected chi connectivity index (χ3v) is 3.28. The minimum absolute atomic E-state index is 0.0306. The van der Waals surface area contributed by atoms with E-state index in [-0.39, 0.29) is 11.9 Å². The second-order valence-corrected chi connectivity index (χ2v) is 4.30. The Bertz CT molecular complexity index is 244. The predicted octanol–water partition coefficient (Wildman–Crippen LogP) is -1.26. The molecule has 2 heterocycles. The lowest BCUT2D eigenvalue weighted by molar-refractivity contribution is -0.133. The standard InChI is InChI=1S/C9H17BN2O3/c13-9(7-3-1-5-11-7)12-6-2-4-8(12)10(14)15/h7-8,11,14-15H,1-6H2/t7-,8+/m0/s1. The first-order valence-corrected chi connectivity index (χ1v) is 5.60. The Labute approximate surface area is 89.6 Å². The molecule has 2 aliphatic heterocycles. The Morgan fingerprint density at radius 3 is 2.73 bits per heavy atom. The first-order valence-electron chi connectivity index (χ1n) is 5.60. The average Bonchev–Trinajstić information content (AvgIpc) is 2.88. The van der Waals surface area contributed by atoms with Crippen LogP contribution in [0.15, 0.2) is 0 Å². The summed E-state index contributed by atoms with van der Waals surface area (Å²) in [5.74, 6) is -0.372. The quantitative estimate of drug-likeness (QED) is 0.499. The molecule has 0 aromatic rings. The van der Waals surface area contributed by atoms with Gasteiger partial charge in [-0.1, -0.05) is 0 Å². The molecule has 0 unspecified atom stereocenters. The Hall–Kier alpha value is -0.585. The van der Waals surface area contributed by atoms with Crippen molar-refractivity contribution in [2.75, 3.05) is 13.1 Å². The maximum atomic E-state index is 12.0. The van der Waals surface area contributed by atoms with Gasteiger partial charge in [0.1, 0.15) is 0 Å². The van der Waals surface area contributed by atoms with Gasteiger partial charge in [-0.05, 0) is 32.2 Å². The molecule has 0 radical (unpaired) electrons. The van der Waals surface area contributed by atoms with Gasteiger partial charge in [0.05, 0.1) is 12.0 Å². The van der Waals surface area contributed by atoms with Crippen LogP contribution in [0.4, 0.5) is 0 Å². The van der Waals surface area contributed by atoms with Crippen LogP contribution in [0.3, 0.4) is 0 Å². The Balaban J connectivity index is 1.99. The van der Waals surface area contributed by atoms with E-state index in [2.05, 4.69) is 5.32 Å². The first kappa shape index (κ1) is 10.9. The minimum atomic E-state index is -1.40. The number of likely N-dealkylation sites (tertiary alicyclic amines) is 1. The molecule has 0 saturated carbocycles. The highest BCUT2D eigenvalue weighted by Gasteiger charge is 2.39. The smallest absolute Gasteiger partial charge is 0.426 e. The van der Waals surface area contributed by atoms with Crippen LogP contribution in [0.25, 0.3) is 0 Å². The lowest BCUT2D eigenvalue weighted by Gasteiger charge is -2.26. The molecule has 84 valence electrons. The SMILES string of the molecule is O=C([C@@H]1CCCN1)N1CCC[C@@H]1B(O)O. The molecule has 6 heteroatoms. The van der Waals surface area contributed by atoms with Gasteiger partial charge in [-0.3, -0.25) is 4.79 Å². The van der Waals surface area contributed by atoms with Gasteiger partial charge in [0, 0.05) is 6.54 Å². The number of hydrogen-bond acceptors (Lipinski definition) is 4. The third kappa shape index (κ3) is 2.16.